The number of hydrogen-bond acceptors (Lipinski definition) is 7. The van der Waals surface area contributed by atoms with Crippen molar-refractivity contribution in [3.05, 3.63) is 24.5 Å². The first-order valence-corrected chi connectivity index (χ1v) is 7.80. The van der Waals surface area contributed by atoms with Gasteiger partial charge in [0.25, 0.3) is 0 Å². The van der Waals surface area contributed by atoms with Crippen molar-refractivity contribution in [1.29, 1.82) is 0 Å². The standard InChI is InChI=1S/C14H19N5OS/c15-13-12(11-2-1-3-16-10-11)14(21-17-13)19-6-4-18(5-7-19)8-9-20/h1-3,10,20H,4-9H2,(H2,15,17). The van der Waals surface area contributed by atoms with Crippen molar-refractivity contribution in [2.75, 3.05) is 50.0 Å². The van der Waals surface area contributed by atoms with Gasteiger partial charge in [0.05, 0.1) is 12.2 Å². The Morgan fingerprint density at radius 3 is 2.76 bits per heavy atom. The predicted octanol–water partition coefficient (Wildman–Crippen LogP) is 0.902. The third-order valence-electron chi connectivity index (χ3n) is 3.73. The van der Waals surface area contributed by atoms with E-state index in [1.165, 1.54) is 11.5 Å². The monoisotopic (exact) mass is 305 g/mol. The van der Waals surface area contributed by atoms with Crippen LogP contribution in [-0.2, 0) is 0 Å². The summed E-state index contributed by atoms with van der Waals surface area (Å²) in [5, 5.41) is 10.1. The van der Waals surface area contributed by atoms with Crippen LogP contribution in [0.5, 0.6) is 0 Å². The van der Waals surface area contributed by atoms with Crippen molar-refractivity contribution >= 4 is 22.4 Å². The van der Waals surface area contributed by atoms with E-state index in [-0.39, 0.29) is 6.61 Å². The number of anilines is 2. The minimum absolute atomic E-state index is 0.217. The Hall–Kier alpha value is -1.70. The fraction of sp³-hybridized carbons (Fsp3) is 0.429. The number of nitrogen functional groups attached to an aromatic ring is 1. The predicted molar refractivity (Wildman–Crippen MR) is 85.5 cm³/mol. The second-order valence-corrected chi connectivity index (χ2v) is 5.79. The first-order valence-electron chi connectivity index (χ1n) is 7.03. The van der Waals surface area contributed by atoms with Crippen LogP contribution in [0.2, 0.25) is 0 Å². The zero-order valence-corrected chi connectivity index (χ0v) is 12.6. The molecule has 0 aliphatic carbocycles. The van der Waals surface area contributed by atoms with Crippen LogP contribution in [-0.4, -0.2) is 58.7 Å². The Balaban J connectivity index is 1.81. The van der Waals surface area contributed by atoms with Gasteiger partial charge in [-0.1, -0.05) is 6.07 Å². The molecule has 2 aromatic heterocycles. The van der Waals surface area contributed by atoms with Crippen LogP contribution < -0.4 is 10.6 Å². The summed E-state index contributed by atoms with van der Waals surface area (Å²) >= 11 is 1.45. The molecular weight excluding hydrogens is 286 g/mol. The van der Waals surface area contributed by atoms with Crippen molar-refractivity contribution in [2.24, 2.45) is 0 Å². The van der Waals surface area contributed by atoms with E-state index in [0.717, 1.165) is 48.9 Å². The molecule has 1 aliphatic rings. The van der Waals surface area contributed by atoms with E-state index in [0.29, 0.717) is 5.82 Å². The largest absolute Gasteiger partial charge is 0.395 e. The molecule has 3 rings (SSSR count). The van der Waals surface area contributed by atoms with Gasteiger partial charge in [0.2, 0.25) is 0 Å². The van der Waals surface area contributed by atoms with E-state index in [4.69, 9.17) is 10.8 Å². The highest BCUT2D eigenvalue weighted by Crippen LogP contribution is 2.39. The first kappa shape index (κ1) is 14.2. The van der Waals surface area contributed by atoms with E-state index in [1.807, 2.05) is 18.3 Å². The van der Waals surface area contributed by atoms with Crippen LogP contribution in [0.3, 0.4) is 0 Å². The van der Waals surface area contributed by atoms with Crippen molar-refractivity contribution in [3.63, 3.8) is 0 Å². The van der Waals surface area contributed by atoms with Gasteiger partial charge < -0.3 is 15.7 Å². The number of nitrogens with zero attached hydrogens (tertiary/aromatic N) is 4. The maximum atomic E-state index is 9.01. The number of piperazine rings is 1. The minimum Gasteiger partial charge on any atom is -0.395 e. The Labute approximate surface area is 128 Å². The number of aliphatic hydroxyl groups is 1. The van der Waals surface area contributed by atoms with Crippen LogP contribution >= 0.6 is 11.5 Å². The van der Waals surface area contributed by atoms with Gasteiger partial charge in [0, 0.05) is 50.7 Å². The lowest BCUT2D eigenvalue weighted by molar-refractivity contribution is 0.189. The van der Waals surface area contributed by atoms with E-state index in [1.54, 1.807) is 6.20 Å². The van der Waals surface area contributed by atoms with Crippen LogP contribution in [0.1, 0.15) is 0 Å². The second kappa shape index (κ2) is 6.38. The molecule has 21 heavy (non-hydrogen) atoms. The Bertz CT molecular complexity index is 580. The second-order valence-electron chi connectivity index (χ2n) is 5.04. The zero-order valence-electron chi connectivity index (χ0n) is 11.8. The maximum absolute atomic E-state index is 9.01. The molecule has 2 aromatic rings. The smallest absolute Gasteiger partial charge is 0.147 e. The third kappa shape index (κ3) is 2.99. The van der Waals surface area contributed by atoms with Gasteiger partial charge in [-0.3, -0.25) is 9.88 Å². The number of aromatic nitrogens is 2. The topological polar surface area (TPSA) is 78.5 Å². The molecule has 0 unspecified atom stereocenters. The van der Waals surface area contributed by atoms with Gasteiger partial charge in [-0.25, -0.2) is 0 Å². The van der Waals surface area contributed by atoms with Crippen molar-refractivity contribution < 1.29 is 5.11 Å². The molecule has 0 bridgehead atoms. The lowest BCUT2D eigenvalue weighted by Gasteiger charge is -2.35. The summed E-state index contributed by atoms with van der Waals surface area (Å²) in [6.45, 7) is 4.71. The first-order chi connectivity index (χ1) is 10.3. The molecule has 1 fully saturated rings. The molecule has 3 heterocycles. The maximum Gasteiger partial charge on any atom is 0.147 e. The van der Waals surface area contributed by atoms with Gasteiger partial charge in [-0.05, 0) is 17.6 Å². The number of rotatable bonds is 4. The molecule has 0 saturated carbocycles. The highest BCUT2D eigenvalue weighted by atomic mass is 32.1. The number of pyridine rings is 1. The van der Waals surface area contributed by atoms with Crippen LogP contribution in [0.25, 0.3) is 11.1 Å². The molecule has 0 spiro atoms. The number of β-amino-alcohol motifs (C(OH)–C–C–N with tert-alkyl or cyclic N) is 1. The fourth-order valence-electron chi connectivity index (χ4n) is 2.61. The average Bonchev–Trinajstić information content (AvgIpc) is 2.91. The molecule has 3 N–H and O–H groups in total. The Morgan fingerprint density at radius 1 is 1.29 bits per heavy atom. The lowest BCUT2D eigenvalue weighted by atomic mass is 10.1. The van der Waals surface area contributed by atoms with Gasteiger partial charge in [-0.15, -0.1) is 0 Å². The molecule has 0 aromatic carbocycles. The minimum atomic E-state index is 0.217. The SMILES string of the molecule is Nc1nsc(N2CCN(CCO)CC2)c1-c1cccnc1. The van der Waals surface area contributed by atoms with Crippen molar-refractivity contribution in [2.45, 2.75) is 0 Å². The molecule has 7 heteroatoms. The summed E-state index contributed by atoms with van der Waals surface area (Å²) in [5.41, 5.74) is 8.06. The summed E-state index contributed by atoms with van der Waals surface area (Å²) in [6, 6.07) is 3.92. The van der Waals surface area contributed by atoms with Gasteiger partial charge >= 0.3 is 0 Å². The molecular formula is C14H19N5OS. The molecule has 0 radical (unpaired) electrons. The highest BCUT2D eigenvalue weighted by Gasteiger charge is 2.23. The Morgan fingerprint density at radius 2 is 2.10 bits per heavy atom. The summed E-state index contributed by atoms with van der Waals surface area (Å²) in [4.78, 5) is 8.76. The fourth-order valence-corrected chi connectivity index (χ4v) is 3.49. The molecule has 6 nitrogen and oxygen atoms in total. The van der Waals surface area contributed by atoms with Crippen LogP contribution in [0, 0.1) is 0 Å². The number of aliphatic hydroxyl groups excluding tert-OH is 1. The van der Waals surface area contributed by atoms with Crippen molar-refractivity contribution in [3.8, 4) is 11.1 Å². The normalized spacial score (nSPS) is 16.3. The Kier molecular flexibility index (Phi) is 4.33. The summed E-state index contributed by atoms with van der Waals surface area (Å²) in [5.74, 6) is 0.570. The molecule has 0 atom stereocenters. The number of nitrogens with two attached hydrogens (primary N) is 1. The number of hydrogen-bond donors (Lipinski definition) is 2. The van der Waals surface area contributed by atoms with Crippen LogP contribution in [0.4, 0.5) is 10.8 Å². The summed E-state index contributed by atoms with van der Waals surface area (Å²) in [6.07, 6.45) is 3.58. The summed E-state index contributed by atoms with van der Waals surface area (Å²) in [7, 11) is 0. The van der Waals surface area contributed by atoms with Crippen LogP contribution in [0.15, 0.2) is 24.5 Å². The molecule has 1 aliphatic heterocycles. The quantitative estimate of drug-likeness (QED) is 0.874. The van der Waals surface area contributed by atoms with Gasteiger partial charge in [0.1, 0.15) is 10.8 Å². The lowest BCUT2D eigenvalue weighted by Crippen LogP contribution is -2.47. The van der Waals surface area contributed by atoms with Gasteiger partial charge in [0.15, 0.2) is 0 Å². The zero-order chi connectivity index (χ0) is 14.7. The van der Waals surface area contributed by atoms with E-state index in [2.05, 4.69) is 19.2 Å². The molecule has 112 valence electrons. The van der Waals surface area contributed by atoms with E-state index < -0.39 is 0 Å². The van der Waals surface area contributed by atoms with E-state index >= 15 is 0 Å². The molecule has 1 saturated heterocycles. The highest BCUT2D eigenvalue weighted by molar-refractivity contribution is 7.11. The van der Waals surface area contributed by atoms with Crippen molar-refractivity contribution in [1.82, 2.24) is 14.3 Å². The average molecular weight is 305 g/mol. The summed E-state index contributed by atoms with van der Waals surface area (Å²) < 4.78 is 4.32. The molecule has 0 amide bonds. The third-order valence-corrected chi connectivity index (χ3v) is 4.65. The van der Waals surface area contributed by atoms with Gasteiger partial charge in [-0.2, -0.15) is 4.37 Å². The van der Waals surface area contributed by atoms with E-state index in [9.17, 15) is 0 Å².